The van der Waals surface area contributed by atoms with Crippen molar-refractivity contribution in [2.24, 2.45) is 0 Å². The highest BCUT2D eigenvalue weighted by atomic mass is 15.0. The van der Waals surface area contributed by atoms with Crippen LogP contribution in [0.3, 0.4) is 0 Å². The van der Waals surface area contributed by atoms with E-state index in [1.165, 1.54) is 66.3 Å². The van der Waals surface area contributed by atoms with E-state index in [4.69, 9.17) is 15.0 Å². The first-order valence-electron chi connectivity index (χ1n) is 23.2. The second-order valence-corrected chi connectivity index (χ2v) is 17.5. The Labute approximate surface area is 395 Å². The molecule has 0 radical (unpaired) electrons. The van der Waals surface area contributed by atoms with Gasteiger partial charge < -0.3 is 4.57 Å². The molecule has 4 nitrogen and oxygen atoms in total. The van der Waals surface area contributed by atoms with Crippen molar-refractivity contribution >= 4 is 21.8 Å². The number of rotatable bonds is 8. The van der Waals surface area contributed by atoms with E-state index in [0.29, 0.717) is 17.5 Å². The number of hydrogen-bond donors (Lipinski definition) is 0. The smallest absolute Gasteiger partial charge is 0.164 e. The van der Waals surface area contributed by atoms with Crippen LogP contribution in [0.1, 0.15) is 11.1 Å². The van der Waals surface area contributed by atoms with Crippen molar-refractivity contribution in [3.05, 3.63) is 254 Å². The molecule has 318 valence electrons. The highest BCUT2D eigenvalue weighted by Crippen LogP contribution is 2.47. The number of aromatic nitrogens is 4. The summed E-state index contributed by atoms with van der Waals surface area (Å²) in [6.45, 7) is 0. The van der Waals surface area contributed by atoms with Crippen LogP contribution in [-0.4, -0.2) is 19.5 Å². The Kier molecular flexibility index (Phi) is 9.54. The van der Waals surface area contributed by atoms with E-state index < -0.39 is 0 Å². The van der Waals surface area contributed by atoms with Crippen LogP contribution in [0.5, 0.6) is 0 Å². The number of benzene rings is 10. The number of para-hydroxylation sites is 2. The van der Waals surface area contributed by atoms with Gasteiger partial charge in [-0.05, 0) is 98.0 Å². The van der Waals surface area contributed by atoms with Crippen molar-refractivity contribution in [1.82, 2.24) is 19.5 Å². The largest absolute Gasteiger partial charge is 0.309 e. The molecule has 2 aromatic heterocycles. The van der Waals surface area contributed by atoms with Crippen molar-refractivity contribution in [2.45, 2.75) is 6.42 Å². The van der Waals surface area contributed by atoms with Gasteiger partial charge in [-0.25, -0.2) is 15.0 Å². The number of hydrogen-bond acceptors (Lipinski definition) is 3. The highest BCUT2D eigenvalue weighted by molar-refractivity contribution is 6.15. The van der Waals surface area contributed by atoms with Crippen molar-refractivity contribution in [3.63, 3.8) is 0 Å². The zero-order valence-corrected chi connectivity index (χ0v) is 37.1. The average Bonchev–Trinajstić information content (AvgIpc) is 3.97. The molecule has 68 heavy (non-hydrogen) atoms. The molecule has 0 unspecified atom stereocenters. The first-order chi connectivity index (χ1) is 33.7. The van der Waals surface area contributed by atoms with E-state index in [1.54, 1.807) is 0 Å². The molecular weight excluding hydrogens is 825 g/mol. The molecule has 1 aliphatic carbocycles. The maximum Gasteiger partial charge on any atom is 0.164 e. The first kappa shape index (κ1) is 39.4. The molecule has 0 bridgehead atoms. The fourth-order valence-electron chi connectivity index (χ4n) is 10.3. The van der Waals surface area contributed by atoms with Crippen molar-refractivity contribution in [2.75, 3.05) is 0 Å². The van der Waals surface area contributed by atoms with Gasteiger partial charge in [-0.3, -0.25) is 0 Å². The Balaban J connectivity index is 1.01. The Morgan fingerprint density at radius 2 is 0.779 bits per heavy atom. The molecule has 0 fully saturated rings. The molecule has 13 rings (SSSR count). The van der Waals surface area contributed by atoms with Crippen molar-refractivity contribution < 1.29 is 0 Å². The summed E-state index contributed by atoms with van der Waals surface area (Å²) >= 11 is 0. The molecular formula is C64H42N4. The van der Waals surface area contributed by atoms with Crippen LogP contribution >= 0.6 is 0 Å². The molecule has 1 aliphatic rings. The third kappa shape index (κ3) is 6.81. The van der Waals surface area contributed by atoms with E-state index in [1.807, 2.05) is 36.4 Å². The normalized spacial score (nSPS) is 11.8. The summed E-state index contributed by atoms with van der Waals surface area (Å²) in [5.41, 5.74) is 20.8. The van der Waals surface area contributed by atoms with Crippen LogP contribution in [0.2, 0.25) is 0 Å². The summed E-state index contributed by atoms with van der Waals surface area (Å²) in [4.78, 5) is 15.7. The molecule has 4 heteroatoms. The summed E-state index contributed by atoms with van der Waals surface area (Å²) in [6.07, 6.45) is 0.844. The molecule has 2 heterocycles. The minimum Gasteiger partial charge on any atom is -0.309 e. The van der Waals surface area contributed by atoms with Crippen LogP contribution in [0.25, 0.3) is 117 Å². The van der Waals surface area contributed by atoms with Crippen LogP contribution < -0.4 is 0 Å². The predicted octanol–water partition coefficient (Wildman–Crippen LogP) is 16.2. The molecule has 10 aromatic carbocycles. The van der Waals surface area contributed by atoms with E-state index in [0.717, 1.165) is 51.1 Å². The van der Waals surface area contributed by atoms with Gasteiger partial charge in [0.1, 0.15) is 0 Å². The summed E-state index contributed by atoms with van der Waals surface area (Å²) < 4.78 is 2.45. The SMILES string of the molecule is c1ccc(-c2nc(-c3ccccc3)nc(-c3cc(-c4ccc(-c5ccccc5)c(-c5ccccc5)c4)ccc3-c3ccc4c(c3)Cc3ccc5c6ccccc6n(-c6ccccc6)c5c3-4)n2)cc1. The van der Waals surface area contributed by atoms with Crippen LogP contribution in [-0.2, 0) is 6.42 Å². The molecule has 0 saturated heterocycles. The Morgan fingerprint density at radius 1 is 0.294 bits per heavy atom. The van der Waals surface area contributed by atoms with E-state index in [2.05, 4.69) is 211 Å². The van der Waals surface area contributed by atoms with Gasteiger partial charge in [-0.2, -0.15) is 0 Å². The average molecular weight is 867 g/mol. The zero-order chi connectivity index (χ0) is 45.0. The van der Waals surface area contributed by atoms with E-state index in [-0.39, 0.29) is 0 Å². The summed E-state index contributed by atoms with van der Waals surface area (Å²) in [5.74, 6) is 1.88. The lowest BCUT2D eigenvalue weighted by molar-refractivity contribution is 1.07. The van der Waals surface area contributed by atoms with Gasteiger partial charge >= 0.3 is 0 Å². The highest BCUT2D eigenvalue weighted by Gasteiger charge is 2.27. The van der Waals surface area contributed by atoms with Crippen LogP contribution in [0.15, 0.2) is 243 Å². The maximum atomic E-state index is 5.31. The Morgan fingerprint density at radius 3 is 1.41 bits per heavy atom. The summed E-state index contributed by atoms with van der Waals surface area (Å²) in [6, 6.07) is 86.7. The first-order valence-corrected chi connectivity index (χ1v) is 23.2. The molecule has 0 amide bonds. The lowest BCUT2D eigenvalue weighted by atomic mass is 9.89. The standard InChI is InChI=1S/C64H42N4/c1-6-18-42(19-7-1)52-34-30-46(40-57(52)43-20-8-2-9-21-43)47-31-35-53(58(41-47)64-66-62(44-22-10-3-11-23-44)65-63(67-64)45-24-12-4-13-25-45)48-32-36-54-50(38-48)39-49-33-37-56-55-28-16-17-29-59(55)68(61(56)60(49)54)51-26-14-5-15-27-51/h1-38,40-41H,39H2. The monoisotopic (exact) mass is 866 g/mol. The minimum absolute atomic E-state index is 0.622. The molecule has 0 N–H and O–H groups in total. The number of nitrogens with zero attached hydrogens (tertiary/aromatic N) is 4. The van der Waals surface area contributed by atoms with Gasteiger partial charge in [0, 0.05) is 38.7 Å². The lowest BCUT2D eigenvalue weighted by Crippen LogP contribution is -2.01. The zero-order valence-electron chi connectivity index (χ0n) is 37.1. The fraction of sp³-hybridized carbons (Fsp3) is 0.0156. The molecule has 0 saturated carbocycles. The lowest BCUT2D eigenvalue weighted by Gasteiger charge is -2.16. The van der Waals surface area contributed by atoms with Gasteiger partial charge in [0.25, 0.3) is 0 Å². The molecule has 0 aliphatic heterocycles. The molecule has 0 spiro atoms. The third-order valence-corrected chi connectivity index (χ3v) is 13.5. The Hall–Kier alpha value is -8.99. The van der Waals surface area contributed by atoms with Crippen LogP contribution in [0.4, 0.5) is 0 Å². The van der Waals surface area contributed by atoms with Gasteiger partial charge in [-0.15, -0.1) is 0 Å². The topological polar surface area (TPSA) is 43.6 Å². The number of fused-ring (bicyclic) bond motifs is 7. The Bertz CT molecular complexity index is 3790. The second kappa shape index (κ2) is 16.5. The van der Waals surface area contributed by atoms with Gasteiger partial charge in [-0.1, -0.05) is 212 Å². The third-order valence-electron chi connectivity index (χ3n) is 13.5. The predicted molar refractivity (Wildman–Crippen MR) is 280 cm³/mol. The van der Waals surface area contributed by atoms with Gasteiger partial charge in [0.05, 0.1) is 11.0 Å². The van der Waals surface area contributed by atoms with Crippen LogP contribution in [0, 0.1) is 0 Å². The second-order valence-electron chi connectivity index (χ2n) is 17.5. The quantitative estimate of drug-likeness (QED) is 0.153. The van der Waals surface area contributed by atoms with Crippen molar-refractivity contribution in [3.8, 4) is 95.5 Å². The van der Waals surface area contributed by atoms with Gasteiger partial charge in [0.2, 0.25) is 0 Å². The fourth-order valence-corrected chi connectivity index (χ4v) is 10.3. The molecule has 12 aromatic rings. The maximum absolute atomic E-state index is 5.31. The minimum atomic E-state index is 0.622. The summed E-state index contributed by atoms with van der Waals surface area (Å²) in [5, 5.41) is 2.53. The van der Waals surface area contributed by atoms with Gasteiger partial charge in [0.15, 0.2) is 17.5 Å². The van der Waals surface area contributed by atoms with E-state index >= 15 is 0 Å². The van der Waals surface area contributed by atoms with Crippen molar-refractivity contribution in [1.29, 1.82) is 0 Å². The summed E-state index contributed by atoms with van der Waals surface area (Å²) in [7, 11) is 0. The molecule has 0 atom stereocenters. The van der Waals surface area contributed by atoms with E-state index in [9.17, 15) is 0 Å².